The number of furan rings is 1. The zero-order valence-corrected chi connectivity index (χ0v) is 17.4. The monoisotopic (exact) mass is 431 g/mol. The third-order valence-electron chi connectivity index (χ3n) is 4.68. The van der Waals surface area contributed by atoms with Crippen molar-refractivity contribution in [2.24, 2.45) is 0 Å². The van der Waals surface area contributed by atoms with Crippen LogP contribution in [0.2, 0.25) is 0 Å². The molecule has 1 aromatic heterocycles. The molecule has 0 fully saturated rings. The number of amides is 1. The lowest BCUT2D eigenvalue weighted by Gasteiger charge is -2.28. The standard InChI is InChI=1S/C22H22FNO5S/c1-3-16(2)24(22(25)21-8-5-13-28-21)15-17-6-4-7-19(14-17)29-30(26,27)20-11-9-18(23)10-12-20/h4-14,16H,3,15H2,1-2H3/t16-/m1/s1. The summed E-state index contributed by atoms with van der Waals surface area (Å²) < 4.78 is 48.4. The van der Waals surface area contributed by atoms with E-state index in [4.69, 9.17) is 8.60 Å². The van der Waals surface area contributed by atoms with Gasteiger partial charge < -0.3 is 13.5 Å². The summed E-state index contributed by atoms with van der Waals surface area (Å²) >= 11 is 0. The molecule has 1 amide bonds. The van der Waals surface area contributed by atoms with Crippen molar-refractivity contribution in [2.45, 2.75) is 37.8 Å². The van der Waals surface area contributed by atoms with E-state index in [1.807, 2.05) is 13.8 Å². The lowest BCUT2D eigenvalue weighted by Crippen LogP contribution is -2.37. The summed E-state index contributed by atoms with van der Waals surface area (Å²) in [6.07, 6.45) is 2.18. The highest BCUT2D eigenvalue weighted by Gasteiger charge is 2.23. The molecule has 0 aliphatic heterocycles. The first-order valence-corrected chi connectivity index (χ1v) is 10.8. The molecule has 6 nitrogen and oxygen atoms in total. The maximum Gasteiger partial charge on any atom is 0.339 e. The summed E-state index contributed by atoms with van der Waals surface area (Å²) in [4.78, 5) is 14.3. The van der Waals surface area contributed by atoms with Crippen molar-refractivity contribution >= 4 is 16.0 Å². The van der Waals surface area contributed by atoms with Crippen LogP contribution in [-0.4, -0.2) is 25.3 Å². The van der Waals surface area contributed by atoms with Gasteiger partial charge in [0.15, 0.2) is 5.76 Å². The zero-order chi connectivity index (χ0) is 21.7. The second-order valence-electron chi connectivity index (χ2n) is 6.81. The molecule has 0 radical (unpaired) electrons. The molecule has 1 atom stereocenters. The van der Waals surface area contributed by atoms with E-state index >= 15 is 0 Å². The Bertz CT molecular complexity index is 1090. The van der Waals surface area contributed by atoms with Crippen molar-refractivity contribution in [2.75, 3.05) is 0 Å². The zero-order valence-electron chi connectivity index (χ0n) is 16.6. The van der Waals surface area contributed by atoms with Gasteiger partial charge in [0.25, 0.3) is 5.91 Å². The van der Waals surface area contributed by atoms with E-state index in [1.165, 1.54) is 12.3 Å². The van der Waals surface area contributed by atoms with Gasteiger partial charge in [0.1, 0.15) is 16.5 Å². The maximum absolute atomic E-state index is 13.1. The highest BCUT2D eigenvalue weighted by Crippen LogP contribution is 2.22. The lowest BCUT2D eigenvalue weighted by atomic mass is 10.1. The van der Waals surface area contributed by atoms with Gasteiger partial charge in [0.2, 0.25) is 0 Å². The number of hydrogen-bond acceptors (Lipinski definition) is 5. The van der Waals surface area contributed by atoms with E-state index in [2.05, 4.69) is 0 Å². The Kier molecular flexibility index (Phi) is 6.56. The molecule has 0 aliphatic carbocycles. The highest BCUT2D eigenvalue weighted by atomic mass is 32.2. The number of halogens is 1. The molecule has 0 saturated carbocycles. The second-order valence-corrected chi connectivity index (χ2v) is 8.35. The Labute approximate surface area is 175 Å². The van der Waals surface area contributed by atoms with Crippen molar-refractivity contribution in [3.8, 4) is 5.75 Å². The molecule has 3 aromatic rings. The fourth-order valence-corrected chi connectivity index (χ4v) is 3.78. The molecule has 0 spiro atoms. The van der Waals surface area contributed by atoms with Gasteiger partial charge in [-0.05, 0) is 67.4 Å². The van der Waals surface area contributed by atoms with Crippen LogP contribution in [-0.2, 0) is 16.7 Å². The molecule has 2 aromatic carbocycles. The minimum absolute atomic E-state index is 0.0601. The van der Waals surface area contributed by atoms with Crippen LogP contribution in [0, 0.1) is 5.82 Å². The van der Waals surface area contributed by atoms with Crippen LogP contribution < -0.4 is 4.18 Å². The Balaban J connectivity index is 1.81. The van der Waals surface area contributed by atoms with Gasteiger partial charge >= 0.3 is 10.1 Å². The van der Waals surface area contributed by atoms with Crippen molar-refractivity contribution in [1.29, 1.82) is 0 Å². The first kappa shape index (κ1) is 21.6. The summed E-state index contributed by atoms with van der Waals surface area (Å²) in [5.41, 5.74) is 0.696. The average Bonchev–Trinajstić information content (AvgIpc) is 3.26. The second kappa shape index (κ2) is 9.13. The first-order valence-electron chi connectivity index (χ1n) is 9.43. The van der Waals surface area contributed by atoms with Crippen LogP contribution in [0.15, 0.2) is 76.2 Å². The number of hydrogen-bond donors (Lipinski definition) is 0. The highest BCUT2D eigenvalue weighted by molar-refractivity contribution is 7.87. The Morgan fingerprint density at radius 2 is 1.87 bits per heavy atom. The van der Waals surface area contributed by atoms with Crippen LogP contribution in [0.1, 0.15) is 36.4 Å². The third-order valence-corrected chi connectivity index (χ3v) is 5.94. The SMILES string of the molecule is CC[C@@H](C)N(Cc1cccc(OS(=O)(=O)c2ccc(F)cc2)c1)C(=O)c1ccco1. The minimum atomic E-state index is -4.11. The number of carbonyl (C=O) groups excluding carboxylic acids is 1. The molecule has 0 saturated heterocycles. The fourth-order valence-electron chi connectivity index (χ4n) is 2.86. The van der Waals surface area contributed by atoms with E-state index in [1.54, 1.807) is 35.2 Å². The number of nitrogens with zero attached hydrogens (tertiary/aromatic N) is 1. The van der Waals surface area contributed by atoms with Gasteiger partial charge in [-0.25, -0.2) is 4.39 Å². The van der Waals surface area contributed by atoms with Crippen LogP contribution in [0.25, 0.3) is 0 Å². The molecule has 158 valence electrons. The van der Waals surface area contributed by atoms with Crippen LogP contribution in [0.4, 0.5) is 4.39 Å². The molecule has 0 unspecified atom stereocenters. The predicted octanol–water partition coefficient (Wildman–Crippen LogP) is 4.63. The van der Waals surface area contributed by atoms with Gasteiger partial charge in [-0.2, -0.15) is 8.42 Å². The van der Waals surface area contributed by atoms with Gasteiger partial charge in [-0.1, -0.05) is 19.1 Å². The van der Waals surface area contributed by atoms with Crippen molar-refractivity contribution in [3.63, 3.8) is 0 Å². The minimum Gasteiger partial charge on any atom is -0.459 e. The summed E-state index contributed by atoms with van der Waals surface area (Å²) in [6, 6.07) is 14.1. The molecule has 0 N–H and O–H groups in total. The number of carbonyl (C=O) groups is 1. The van der Waals surface area contributed by atoms with Crippen LogP contribution in [0.3, 0.4) is 0 Å². The molecular weight excluding hydrogens is 409 g/mol. The smallest absolute Gasteiger partial charge is 0.339 e. The van der Waals surface area contributed by atoms with E-state index in [-0.39, 0.29) is 34.9 Å². The molecule has 1 heterocycles. The van der Waals surface area contributed by atoms with E-state index in [0.29, 0.717) is 5.56 Å². The van der Waals surface area contributed by atoms with Gasteiger partial charge in [0.05, 0.1) is 6.26 Å². The summed E-state index contributed by atoms with van der Waals surface area (Å²) in [5.74, 6) is -0.449. The molecule has 0 aliphatic rings. The molecule has 30 heavy (non-hydrogen) atoms. The number of rotatable bonds is 8. The predicted molar refractivity (Wildman–Crippen MR) is 109 cm³/mol. The van der Waals surface area contributed by atoms with Crippen LogP contribution >= 0.6 is 0 Å². The Hall–Kier alpha value is -3.13. The summed E-state index contributed by atoms with van der Waals surface area (Å²) in [7, 11) is -4.11. The van der Waals surface area contributed by atoms with E-state index in [0.717, 1.165) is 30.7 Å². The third kappa shape index (κ3) is 5.07. The summed E-state index contributed by atoms with van der Waals surface area (Å²) in [5, 5.41) is 0. The quantitative estimate of drug-likeness (QED) is 0.486. The lowest BCUT2D eigenvalue weighted by molar-refractivity contribution is 0.0638. The van der Waals surface area contributed by atoms with E-state index < -0.39 is 15.9 Å². The number of benzene rings is 2. The van der Waals surface area contributed by atoms with Gasteiger partial charge in [0, 0.05) is 12.6 Å². The normalized spacial score (nSPS) is 12.4. The Morgan fingerprint density at radius 3 is 2.50 bits per heavy atom. The van der Waals surface area contributed by atoms with Crippen LogP contribution in [0.5, 0.6) is 5.75 Å². The first-order chi connectivity index (χ1) is 14.3. The Morgan fingerprint density at radius 1 is 1.13 bits per heavy atom. The molecule has 8 heteroatoms. The van der Waals surface area contributed by atoms with Crippen molar-refractivity contribution in [1.82, 2.24) is 4.90 Å². The average molecular weight is 431 g/mol. The largest absolute Gasteiger partial charge is 0.459 e. The van der Waals surface area contributed by atoms with Crippen molar-refractivity contribution in [3.05, 3.63) is 84.1 Å². The van der Waals surface area contributed by atoms with E-state index in [9.17, 15) is 17.6 Å². The molecule has 3 rings (SSSR count). The summed E-state index contributed by atoms with van der Waals surface area (Å²) in [6.45, 7) is 4.16. The maximum atomic E-state index is 13.1. The molecular formula is C22H22FNO5S. The molecule has 0 bridgehead atoms. The van der Waals surface area contributed by atoms with Gasteiger partial charge in [-0.15, -0.1) is 0 Å². The van der Waals surface area contributed by atoms with Gasteiger partial charge in [-0.3, -0.25) is 4.79 Å². The fraction of sp³-hybridized carbons (Fsp3) is 0.227. The topological polar surface area (TPSA) is 76.8 Å². The van der Waals surface area contributed by atoms with Crippen molar-refractivity contribution < 1.29 is 26.2 Å².